The van der Waals surface area contributed by atoms with Crippen molar-refractivity contribution in [3.8, 4) is 23.1 Å². The number of nitriles is 1. The van der Waals surface area contributed by atoms with Crippen LogP contribution in [0.1, 0.15) is 25.0 Å². The van der Waals surface area contributed by atoms with Gasteiger partial charge in [0.25, 0.3) is 0 Å². The predicted molar refractivity (Wildman–Crippen MR) is 118 cm³/mol. The molecule has 2 heterocycles. The monoisotopic (exact) mass is 421 g/mol. The maximum absolute atomic E-state index is 10.1. The minimum atomic E-state index is 0.589. The number of rotatable bonds is 7. The van der Waals surface area contributed by atoms with Crippen molar-refractivity contribution >= 4 is 16.6 Å². The molecule has 3 N–H and O–H groups in total. The molecule has 31 heavy (non-hydrogen) atoms. The summed E-state index contributed by atoms with van der Waals surface area (Å²) in [5.74, 6) is 0.870. The number of aromatic nitrogens is 1. The van der Waals surface area contributed by atoms with Crippen LogP contribution in [0.25, 0.3) is 22.2 Å². The molecule has 1 aliphatic rings. The molecule has 7 heteroatoms. The number of hydrogen-bond donors (Lipinski definition) is 2. The van der Waals surface area contributed by atoms with Gasteiger partial charge in [-0.25, -0.2) is 5.21 Å². The zero-order valence-electron chi connectivity index (χ0n) is 18.1. The second kappa shape index (κ2) is 9.50. The smallest absolute Gasteiger partial charge is 0.161 e. The van der Waals surface area contributed by atoms with Crippen molar-refractivity contribution in [1.82, 2.24) is 9.47 Å². The van der Waals surface area contributed by atoms with Crippen LogP contribution in [-0.4, -0.2) is 47.6 Å². The number of hydrogen-bond acceptors (Lipinski definition) is 5. The Morgan fingerprint density at radius 2 is 1.90 bits per heavy atom. The second-order valence-corrected chi connectivity index (χ2v) is 7.63. The maximum atomic E-state index is 10.1. The first-order valence-corrected chi connectivity index (χ1v) is 10.8. The van der Waals surface area contributed by atoms with Crippen LogP contribution in [0.4, 0.5) is 5.69 Å². The minimum absolute atomic E-state index is 0.589. The van der Waals surface area contributed by atoms with Gasteiger partial charge in [-0.3, -0.25) is 4.90 Å². The van der Waals surface area contributed by atoms with E-state index in [0.29, 0.717) is 12.2 Å². The first kappa shape index (κ1) is 21.3. The number of nitrogens with two attached hydrogens (primary N) is 1. The highest BCUT2D eigenvalue weighted by Crippen LogP contribution is 2.37. The summed E-state index contributed by atoms with van der Waals surface area (Å²) in [7, 11) is 0. The van der Waals surface area contributed by atoms with Gasteiger partial charge < -0.3 is 14.0 Å². The van der Waals surface area contributed by atoms with E-state index in [9.17, 15) is 10.5 Å². The fourth-order valence-corrected chi connectivity index (χ4v) is 4.30. The summed E-state index contributed by atoms with van der Waals surface area (Å²) in [6.07, 6.45) is 0. The third kappa shape index (κ3) is 4.16. The molecule has 0 atom stereocenters. The van der Waals surface area contributed by atoms with Crippen LogP contribution in [0.5, 0.6) is 5.75 Å². The van der Waals surface area contributed by atoms with Crippen LogP contribution in [0.15, 0.2) is 36.4 Å². The highest BCUT2D eigenvalue weighted by Gasteiger charge is 2.22. The summed E-state index contributed by atoms with van der Waals surface area (Å²) in [5, 5.41) is 20.3. The van der Waals surface area contributed by atoms with Gasteiger partial charge in [0.05, 0.1) is 36.6 Å². The molecule has 0 radical (unpaired) electrons. The normalized spacial score (nSPS) is 14.6. The van der Waals surface area contributed by atoms with Crippen molar-refractivity contribution in [3.05, 3.63) is 47.5 Å². The second-order valence-electron chi connectivity index (χ2n) is 7.63. The molecule has 2 aromatic carbocycles. The average Bonchev–Trinajstić information content (AvgIpc) is 3.12. The van der Waals surface area contributed by atoms with E-state index in [1.807, 2.05) is 31.2 Å². The quantitative estimate of drug-likeness (QED) is 0.452. The van der Waals surface area contributed by atoms with E-state index in [2.05, 4.69) is 34.6 Å². The number of morpholine rings is 1. The Morgan fingerprint density at radius 3 is 2.52 bits per heavy atom. The number of fused-ring (bicyclic) bond motifs is 1. The van der Waals surface area contributed by atoms with Crippen molar-refractivity contribution in [2.75, 3.05) is 32.9 Å². The average molecular weight is 422 g/mol. The standard InChI is InChI=1S/C24H28N4O3/c1-3-28-22-14-23(31-4-2)18(16-27-9-11-30-12-10-27)13-20(22)21(15-25)24(28)17-5-7-19(26-29)8-6-17/h5-8,13-14,26,29H,3-4,9-12,16H2,1-2H3/p+1. The Bertz CT molecular complexity index is 1090. The lowest BCUT2D eigenvalue weighted by atomic mass is 10.0. The van der Waals surface area contributed by atoms with Crippen molar-refractivity contribution < 1.29 is 20.2 Å². The van der Waals surface area contributed by atoms with E-state index in [-0.39, 0.29) is 0 Å². The van der Waals surface area contributed by atoms with E-state index in [1.54, 1.807) is 0 Å². The summed E-state index contributed by atoms with van der Waals surface area (Å²) in [6, 6.07) is 14.3. The number of quaternary nitrogens is 1. The molecule has 0 aliphatic carbocycles. The lowest BCUT2D eigenvalue weighted by Gasteiger charge is -2.27. The molecule has 1 fully saturated rings. The Hall–Kier alpha value is -2.89. The lowest BCUT2D eigenvalue weighted by molar-refractivity contribution is -0.825. The van der Waals surface area contributed by atoms with Crippen LogP contribution in [-0.2, 0) is 17.8 Å². The van der Waals surface area contributed by atoms with Crippen molar-refractivity contribution in [3.63, 3.8) is 0 Å². The molecule has 7 nitrogen and oxygen atoms in total. The van der Waals surface area contributed by atoms with E-state index >= 15 is 0 Å². The molecule has 1 aliphatic heterocycles. The molecule has 0 spiro atoms. The molecular formula is C24H29N4O3+. The van der Waals surface area contributed by atoms with Gasteiger partial charge in [-0.1, -0.05) is 0 Å². The fraction of sp³-hybridized carbons (Fsp3) is 0.375. The molecule has 4 rings (SSSR count). The summed E-state index contributed by atoms with van der Waals surface area (Å²) in [4.78, 5) is 2.36. The molecule has 1 saturated heterocycles. The fourth-order valence-electron chi connectivity index (χ4n) is 4.30. The molecule has 1 aromatic heterocycles. The lowest BCUT2D eigenvalue weighted by Crippen LogP contribution is -2.73. The van der Waals surface area contributed by atoms with Gasteiger partial charge >= 0.3 is 0 Å². The Labute approximate surface area is 182 Å². The zero-order chi connectivity index (χ0) is 21.8. The van der Waals surface area contributed by atoms with Gasteiger partial charge in [0.15, 0.2) is 5.69 Å². The van der Waals surface area contributed by atoms with Crippen molar-refractivity contribution in [2.24, 2.45) is 0 Å². The highest BCUT2D eigenvalue weighted by molar-refractivity contribution is 5.96. The van der Waals surface area contributed by atoms with Crippen LogP contribution in [0.2, 0.25) is 0 Å². The van der Waals surface area contributed by atoms with E-state index < -0.39 is 0 Å². The number of benzene rings is 2. The van der Waals surface area contributed by atoms with Crippen LogP contribution in [0.3, 0.4) is 0 Å². The summed E-state index contributed by atoms with van der Waals surface area (Å²) in [6.45, 7) is 9.44. The molecule has 0 amide bonds. The molecular weight excluding hydrogens is 392 g/mol. The Morgan fingerprint density at radius 1 is 1.16 bits per heavy atom. The Balaban J connectivity index is 1.87. The van der Waals surface area contributed by atoms with E-state index in [4.69, 9.17) is 9.47 Å². The van der Waals surface area contributed by atoms with Crippen LogP contribution in [0, 0.1) is 11.3 Å². The summed E-state index contributed by atoms with van der Waals surface area (Å²) in [5.41, 5.74) is 6.43. The van der Waals surface area contributed by atoms with Crippen LogP contribution >= 0.6 is 0 Å². The third-order valence-electron chi connectivity index (χ3n) is 5.80. The number of aryl methyl sites for hydroxylation is 1. The first-order valence-electron chi connectivity index (χ1n) is 10.8. The molecule has 0 unspecified atom stereocenters. The van der Waals surface area contributed by atoms with Gasteiger partial charge in [-0.2, -0.15) is 10.7 Å². The number of nitrogens with zero attached hydrogens (tertiary/aromatic N) is 3. The molecule has 162 valence electrons. The number of ether oxygens (including phenoxy) is 2. The van der Waals surface area contributed by atoms with E-state index in [0.717, 1.165) is 84.0 Å². The van der Waals surface area contributed by atoms with Gasteiger partial charge in [0.2, 0.25) is 0 Å². The minimum Gasteiger partial charge on any atom is -0.493 e. The van der Waals surface area contributed by atoms with Gasteiger partial charge in [-0.15, -0.1) is 0 Å². The van der Waals surface area contributed by atoms with E-state index in [1.165, 1.54) is 0 Å². The highest BCUT2D eigenvalue weighted by atomic mass is 16.5. The Kier molecular flexibility index (Phi) is 6.54. The van der Waals surface area contributed by atoms with Crippen LogP contribution < -0.4 is 10.2 Å². The SMILES string of the molecule is CCOc1cc2c(cc1CN1CCOCC1)c(C#N)c(-c1ccc([NH2+]O)cc1)n2CC. The summed E-state index contributed by atoms with van der Waals surface area (Å²) >= 11 is 0. The molecule has 0 saturated carbocycles. The van der Waals surface area contributed by atoms with Gasteiger partial charge in [0.1, 0.15) is 11.8 Å². The topological polar surface area (TPSA) is 87.3 Å². The van der Waals surface area contributed by atoms with Gasteiger partial charge in [-0.05, 0) is 37.6 Å². The van der Waals surface area contributed by atoms with Gasteiger partial charge in [0, 0.05) is 55.3 Å². The summed E-state index contributed by atoms with van der Waals surface area (Å²) < 4.78 is 13.7. The maximum Gasteiger partial charge on any atom is 0.161 e. The molecule has 3 aromatic rings. The van der Waals surface area contributed by atoms with Crippen molar-refractivity contribution in [2.45, 2.75) is 26.9 Å². The first-order chi connectivity index (χ1) is 15.2. The largest absolute Gasteiger partial charge is 0.493 e. The predicted octanol–water partition coefficient (Wildman–Crippen LogP) is 3.01. The molecule has 0 bridgehead atoms. The third-order valence-corrected chi connectivity index (χ3v) is 5.80. The zero-order valence-corrected chi connectivity index (χ0v) is 18.1. The van der Waals surface area contributed by atoms with Crippen molar-refractivity contribution in [1.29, 1.82) is 5.26 Å².